The van der Waals surface area contributed by atoms with E-state index in [0.29, 0.717) is 6.04 Å². The van der Waals surface area contributed by atoms with Crippen molar-refractivity contribution in [2.45, 2.75) is 77.3 Å². The second-order valence-electron chi connectivity index (χ2n) is 10.1. The molecule has 0 aromatic heterocycles. The molecule has 1 N–H and O–H groups in total. The molecule has 0 unspecified atom stereocenters. The Bertz CT molecular complexity index is 1210. The fourth-order valence-electron chi connectivity index (χ4n) is 6.34. The zero-order valence-electron chi connectivity index (χ0n) is 19.9. The van der Waals surface area contributed by atoms with Crippen LogP contribution in [-0.4, -0.2) is 10.9 Å². The van der Waals surface area contributed by atoms with Gasteiger partial charge in [-0.2, -0.15) is 5.43 Å². The molecule has 2 nitrogen and oxygen atoms in total. The number of nitrogens with zero attached hydrogens (tertiary/aromatic N) is 1. The summed E-state index contributed by atoms with van der Waals surface area (Å²) in [7, 11) is 0. The van der Waals surface area contributed by atoms with E-state index in [1.54, 1.807) is 33.4 Å². The Labute approximate surface area is 198 Å². The molecular weight excluding hydrogens is 400 g/mol. The van der Waals surface area contributed by atoms with Crippen molar-refractivity contribution in [1.29, 1.82) is 0 Å². The quantitative estimate of drug-likeness (QED) is 0.450. The molecule has 1 aliphatic heterocycles. The maximum atomic E-state index is 3.88. The minimum Gasteiger partial charge on any atom is -0.191 e. The molecule has 3 aromatic rings. The van der Waals surface area contributed by atoms with Crippen molar-refractivity contribution >= 4 is 6.21 Å². The Morgan fingerprint density at radius 2 is 1.36 bits per heavy atom. The number of benzene rings is 3. The first-order valence-corrected chi connectivity index (χ1v) is 13.0. The van der Waals surface area contributed by atoms with Gasteiger partial charge in [-0.05, 0) is 103 Å². The molecule has 168 valence electrons. The maximum Gasteiger partial charge on any atom is 0.201 e. The lowest BCUT2D eigenvalue weighted by Crippen LogP contribution is -2.33. The van der Waals surface area contributed by atoms with Gasteiger partial charge in [0.05, 0.1) is 0 Å². The van der Waals surface area contributed by atoms with E-state index in [-0.39, 0.29) is 0 Å². The number of fused-ring (bicyclic) bond motifs is 7. The maximum absolute atomic E-state index is 3.88. The van der Waals surface area contributed by atoms with Crippen LogP contribution in [0.1, 0.15) is 84.0 Å². The van der Waals surface area contributed by atoms with Crippen molar-refractivity contribution < 1.29 is 4.68 Å². The number of nitrogens with one attached hydrogen (secondary N) is 1. The van der Waals surface area contributed by atoms with Crippen LogP contribution in [0.15, 0.2) is 54.6 Å². The lowest BCUT2D eigenvalue weighted by atomic mass is 9.78. The van der Waals surface area contributed by atoms with Crippen LogP contribution in [0, 0.1) is 0 Å². The fraction of sp³-hybridized carbons (Fsp3) is 0.387. The molecule has 3 aliphatic rings. The van der Waals surface area contributed by atoms with E-state index < -0.39 is 0 Å². The molecule has 0 spiro atoms. The highest BCUT2D eigenvalue weighted by Crippen LogP contribution is 2.42. The average molecular weight is 436 g/mol. The minimum absolute atomic E-state index is 0.308. The Morgan fingerprint density at radius 3 is 2.09 bits per heavy atom. The van der Waals surface area contributed by atoms with Gasteiger partial charge in [0.25, 0.3) is 0 Å². The van der Waals surface area contributed by atoms with Gasteiger partial charge in [-0.3, -0.25) is 0 Å². The van der Waals surface area contributed by atoms with Crippen LogP contribution >= 0.6 is 0 Å². The first-order chi connectivity index (χ1) is 16.3. The topological polar surface area (TPSA) is 15.0 Å². The molecule has 0 amide bonds. The molecule has 0 saturated heterocycles. The highest BCUT2D eigenvalue weighted by Gasteiger charge is 2.29. The van der Waals surface area contributed by atoms with Gasteiger partial charge in [0.15, 0.2) is 6.54 Å². The van der Waals surface area contributed by atoms with Crippen molar-refractivity contribution in [1.82, 2.24) is 5.43 Å². The number of rotatable bonds is 4. The zero-order chi connectivity index (χ0) is 22.2. The van der Waals surface area contributed by atoms with Crippen LogP contribution < -0.4 is 5.43 Å². The van der Waals surface area contributed by atoms with Crippen molar-refractivity contribution in [2.24, 2.45) is 0 Å². The van der Waals surface area contributed by atoms with Crippen LogP contribution in [0.5, 0.6) is 0 Å². The third kappa shape index (κ3) is 3.80. The molecular formula is C31H35N2+. The Kier molecular flexibility index (Phi) is 5.54. The predicted molar refractivity (Wildman–Crippen MR) is 137 cm³/mol. The number of aryl methyl sites for hydroxylation is 2. The third-order valence-electron chi connectivity index (χ3n) is 8.00. The molecule has 0 saturated carbocycles. The number of hydrogen-bond donors (Lipinski definition) is 1. The van der Waals surface area contributed by atoms with E-state index in [9.17, 15) is 0 Å². The van der Waals surface area contributed by atoms with Gasteiger partial charge in [0.2, 0.25) is 6.21 Å². The second kappa shape index (κ2) is 8.82. The van der Waals surface area contributed by atoms with Gasteiger partial charge in [-0.25, -0.2) is 0 Å². The Balaban J connectivity index is 1.51. The monoisotopic (exact) mass is 435 g/mol. The highest BCUT2D eigenvalue weighted by molar-refractivity contribution is 5.93. The third-order valence-corrected chi connectivity index (χ3v) is 8.00. The summed E-state index contributed by atoms with van der Waals surface area (Å²) in [6.07, 6.45) is 13.7. The summed E-state index contributed by atoms with van der Waals surface area (Å²) in [6.45, 7) is 3.19. The summed E-state index contributed by atoms with van der Waals surface area (Å²) >= 11 is 0. The summed E-state index contributed by atoms with van der Waals surface area (Å²) in [5.41, 5.74) is 17.7. The van der Waals surface area contributed by atoms with Gasteiger partial charge in [0, 0.05) is 11.1 Å². The zero-order valence-corrected chi connectivity index (χ0v) is 19.9. The van der Waals surface area contributed by atoms with E-state index in [1.165, 1.54) is 68.1 Å². The SMILES string of the molecule is CC[C@H](N[N+]1=Cc2ccc3c(c2-c2c(ccc4c2CCCC4)C1)CCCC3)c1ccccc1. The lowest BCUT2D eigenvalue weighted by molar-refractivity contribution is -0.605. The summed E-state index contributed by atoms with van der Waals surface area (Å²) in [4.78, 5) is 0. The van der Waals surface area contributed by atoms with Crippen molar-refractivity contribution in [3.63, 3.8) is 0 Å². The highest BCUT2D eigenvalue weighted by atomic mass is 15.4. The minimum atomic E-state index is 0.308. The fourth-order valence-corrected chi connectivity index (χ4v) is 6.34. The van der Waals surface area contributed by atoms with E-state index in [1.807, 2.05) is 0 Å². The largest absolute Gasteiger partial charge is 0.201 e. The molecule has 6 rings (SSSR count). The van der Waals surface area contributed by atoms with Crippen LogP contribution in [0.3, 0.4) is 0 Å². The molecule has 33 heavy (non-hydrogen) atoms. The molecule has 0 bridgehead atoms. The van der Waals surface area contributed by atoms with Gasteiger partial charge >= 0.3 is 0 Å². The first kappa shape index (κ1) is 20.7. The molecule has 3 aromatic carbocycles. The Morgan fingerprint density at radius 1 is 0.727 bits per heavy atom. The molecule has 0 radical (unpaired) electrons. The van der Waals surface area contributed by atoms with Crippen LogP contribution in [-0.2, 0) is 32.2 Å². The average Bonchev–Trinajstić information content (AvgIpc) is 3.04. The second-order valence-corrected chi connectivity index (χ2v) is 10.1. The molecule has 0 fully saturated rings. The van der Waals surface area contributed by atoms with E-state index in [4.69, 9.17) is 0 Å². The van der Waals surface area contributed by atoms with Crippen LogP contribution in [0.25, 0.3) is 11.1 Å². The molecule has 1 heterocycles. The van der Waals surface area contributed by atoms with E-state index in [2.05, 4.69) is 77.8 Å². The van der Waals surface area contributed by atoms with Crippen LogP contribution in [0.2, 0.25) is 0 Å². The van der Waals surface area contributed by atoms with Gasteiger partial charge in [-0.15, -0.1) is 4.68 Å². The summed E-state index contributed by atoms with van der Waals surface area (Å²) < 4.78 is 2.37. The molecule has 2 heteroatoms. The van der Waals surface area contributed by atoms with Gasteiger partial charge < -0.3 is 0 Å². The van der Waals surface area contributed by atoms with Crippen molar-refractivity contribution in [2.75, 3.05) is 0 Å². The Hall–Kier alpha value is -2.87. The summed E-state index contributed by atoms with van der Waals surface area (Å²) in [6, 6.07) is 20.9. The standard InChI is InChI=1S/C31H35N2/c1-2-29(24-12-4-3-5-13-24)32-33-20-25-18-16-22-10-6-8-14-27(22)30(25)31-26(21-33)19-17-23-11-7-9-15-28(23)31/h3-5,12-13,16-20,29,32H,2,6-11,14-15,21H2,1H3/q+1/t29-/m0/s1. The predicted octanol–water partition coefficient (Wildman–Crippen LogP) is 6.71. The van der Waals surface area contributed by atoms with Gasteiger partial charge in [-0.1, -0.05) is 55.5 Å². The summed E-state index contributed by atoms with van der Waals surface area (Å²) in [5, 5.41) is 0. The van der Waals surface area contributed by atoms with Crippen molar-refractivity contribution in [3.8, 4) is 11.1 Å². The smallest absolute Gasteiger partial charge is 0.191 e. The molecule has 2 aliphatic carbocycles. The lowest BCUT2D eigenvalue weighted by Gasteiger charge is -2.26. The summed E-state index contributed by atoms with van der Waals surface area (Å²) in [5.74, 6) is 0. The molecule has 1 atom stereocenters. The number of hydrogen-bond acceptors (Lipinski definition) is 1. The van der Waals surface area contributed by atoms with Crippen molar-refractivity contribution in [3.05, 3.63) is 93.5 Å². The number of hydrazine groups is 1. The van der Waals surface area contributed by atoms with Crippen LogP contribution in [0.4, 0.5) is 0 Å². The van der Waals surface area contributed by atoms with E-state index >= 15 is 0 Å². The number of hydrazone groups is 1. The first-order valence-electron chi connectivity index (χ1n) is 13.0. The van der Waals surface area contributed by atoms with Gasteiger partial charge in [0.1, 0.15) is 6.04 Å². The normalized spacial score (nSPS) is 17.5. The van der Waals surface area contributed by atoms with E-state index in [0.717, 1.165) is 13.0 Å².